The molecule has 0 atom stereocenters. The molecule has 0 saturated heterocycles. The van der Waals surface area contributed by atoms with E-state index in [1.54, 1.807) is 24.3 Å². The van der Waals surface area contributed by atoms with Crippen LogP contribution in [0.5, 0.6) is 0 Å². The molecule has 0 aliphatic carbocycles. The van der Waals surface area contributed by atoms with E-state index in [1.807, 2.05) is 13.8 Å². The quantitative estimate of drug-likeness (QED) is 0.762. The lowest BCUT2D eigenvalue weighted by Gasteiger charge is -2.08. The fraction of sp³-hybridized carbons (Fsp3) is 0.167. The summed E-state index contributed by atoms with van der Waals surface area (Å²) in [4.78, 5) is 15.3. The van der Waals surface area contributed by atoms with Gasteiger partial charge in [0, 0.05) is 22.1 Å². The number of fused-ring (bicyclic) bond motifs is 1. The van der Waals surface area contributed by atoms with Gasteiger partial charge in [0.05, 0.1) is 4.90 Å². The third-order valence-corrected chi connectivity index (χ3v) is 5.97. The third kappa shape index (κ3) is 2.85. The molecule has 3 rings (SSSR count). The molecule has 0 bridgehead atoms. The van der Waals surface area contributed by atoms with Crippen LogP contribution in [0.4, 0.5) is 0 Å². The molecule has 0 fully saturated rings. The molecule has 1 N–H and O–H groups in total. The number of sulfone groups is 1. The maximum absolute atomic E-state index is 12.8. The second kappa shape index (κ2) is 6.07. The van der Waals surface area contributed by atoms with Gasteiger partial charge in [-0.15, -0.1) is 0 Å². The molecule has 3 aromatic rings. The van der Waals surface area contributed by atoms with Gasteiger partial charge in [-0.05, 0) is 41.8 Å². The molecule has 0 saturated carbocycles. The largest absolute Gasteiger partial charge is 0.360 e. The molecule has 6 heteroatoms. The summed E-state index contributed by atoms with van der Waals surface area (Å²) in [6, 6.07) is 11.4. The first kappa shape index (κ1) is 16.7. The molecule has 0 spiro atoms. The van der Waals surface area contributed by atoms with Crippen LogP contribution in [0.15, 0.2) is 63.2 Å². The van der Waals surface area contributed by atoms with Gasteiger partial charge in [-0.1, -0.05) is 37.6 Å². The molecule has 0 amide bonds. The van der Waals surface area contributed by atoms with E-state index < -0.39 is 15.3 Å². The molecule has 1 aromatic heterocycles. The lowest BCUT2D eigenvalue weighted by molar-refractivity contribution is 0.595. The Morgan fingerprint density at radius 1 is 1.04 bits per heavy atom. The first-order valence-electron chi connectivity index (χ1n) is 7.46. The molecular weight excluding hydrogens is 346 g/mol. The minimum atomic E-state index is -3.90. The minimum absolute atomic E-state index is 0.0961. The number of hydrogen-bond acceptors (Lipinski definition) is 3. The zero-order chi connectivity index (χ0) is 17.5. The number of hydrogen-bond donors (Lipinski definition) is 1. The number of aromatic amines is 1. The summed E-state index contributed by atoms with van der Waals surface area (Å²) in [6.45, 7) is 4.06. The van der Waals surface area contributed by atoms with Crippen LogP contribution in [-0.2, 0) is 9.84 Å². The van der Waals surface area contributed by atoms with Gasteiger partial charge in [0.25, 0.3) is 0 Å². The molecule has 4 nitrogen and oxygen atoms in total. The molecule has 0 aliphatic rings. The van der Waals surface area contributed by atoms with Gasteiger partial charge in [0.1, 0.15) is 4.90 Å². The highest BCUT2D eigenvalue weighted by Gasteiger charge is 2.22. The van der Waals surface area contributed by atoms with E-state index in [1.165, 1.54) is 24.4 Å². The maximum atomic E-state index is 12.8. The summed E-state index contributed by atoms with van der Waals surface area (Å²) < 4.78 is 25.6. The van der Waals surface area contributed by atoms with Crippen molar-refractivity contribution in [1.29, 1.82) is 0 Å². The van der Waals surface area contributed by atoms with Gasteiger partial charge >= 0.3 is 0 Å². The second-order valence-corrected chi connectivity index (χ2v) is 8.25. The first-order valence-corrected chi connectivity index (χ1v) is 9.33. The van der Waals surface area contributed by atoms with Crippen molar-refractivity contribution >= 4 is 32.3 Å². The fourth-order valence-electron chi connectivity index (χ4n) is 2.53. The van der Waals surface area contributed by atoms with E-state index in [9.17, 15) is 13.2 Å². The van der Waals surface area contributed by atoms with Gasteiger partial charge in [-0.25, -0.2) is 8.42 Å². The van der Waals surface area contributed by atoms with Gasteiger partial charge in [0.15, 0.2) is 0 Å². The Kier molecular flexibility index (Phi) is 4.24. The van der Waals surface area contributed by atoms with Crippen LogP contribution < -0.4 is 5.43 Å². The van der Waals surface area contributed by atoms with E-state index in [0.29, 0.717) is 16.5 Å². The molecule has 0 unspecified atom stereocenters. The Morgan fingerprint density at radius 3 is 2.33 bits per heavy atom. The first-order chi connectivity index (χ1) is 11.3. The van der Waals surface area contributed by atoms with E-state index >= 15 is 0 Å². The third-order valence-electron chi connectivity index (χ3n) is 3.96. The van der Waals surface area contributed by atoms with E-state index in [0.717, 1.165) is 5.56 Å². The molecular formula is C18H16ClNO3S. The van der Waals surface area contributed by atoms with Crippen LogP contribution >= 0.6 is 11.6 Å². The monoisotopic (exact) mass is 361 g/mol. The van der Waals surface area contributed by atoms with Gasteiger partial charge in [-0.3, -0.25) is 4.79 Å². The van der Waals surface area contributed by atoms with Crippen molar-refractivity contribution in [3.8, 4) is 0 Å². The fourth-order valence-corrected chi connectivity index (χ4v) is 4.02. The zero-order valence-electron chi connectivity index (χ0n) is 13.2. The van der Waals surface area contributed by atoms with Crippen molar-refractivity contribution < 1.29 is 8.42 Å². The lowest BCUT2D eigenvalue weighted by Crippen LogP contribution is -2.16. The van der Waals surface area contributed by atoms with Crippen molar-refractivity contribution in [2.45, 2.75) is 29.6 Å². The molecule has 2 aromatic carbocycles. The summed E-state index contributed by atoms with van der Waals surface area (Å²) in [5.41, 5.74) is 1.02. The van der Waals surface area contributed by atoms with E-state index in [-0.39, 0.29) is 15.2 Å². The highest BCUT2D eigenvalue weighted by molar-refractivity contribution is 7.91. The van der Waals surface area contributed by atoms with Crippen molar-refractivity contribution in [1.82, 2.24) is 4.98 Å². The maximum Gasteiger partial charge on any atom is 0.211 e. The average molecular weight is 362 g/mol. The van der Waals surface area contributed by atoms with Crippen LogP contribution in [0.25, 0.3) is 10.9 Å². The van der Waals surface area contributed by atoms with Crippen LogP contribution in [0, 0.1) is 0 Å². The Hall–Kier alpha value is -2.11. The average Bonchev–Trinajstić information content (AvgIpc) is 2.55. The van der Waals surface area contributed by atoms with Crippen LogP contribution in [-0.4, -0.2) is 13.4 Å². The zero-order valence-corrected chi connectivity index (χ0v) is 14.8. The van der Waals surface area contributed by atoms with E-state index in [4.69, 9.17) is 11.6 Å². The van der Waals surface area contributed by atoms with Crippen molar-refractivity contribution in [2.75, 3.05) is 0 Å². The summed E-state index contributed by atoms with van der Waals surface area (Å²) in [7, 11) is -3.90. The summed E-state index contributed by atoms with van der Waals surface area (Å²) in [5, 5.41) is 0.631. The van der Waals surface area contributed by atoms with Crippen LogP contribution in [0.1, 0.15) is 25.3 Å². The SMILES string of the molecule is CC(C)c1ccc(S(=O)(=O)c2c[nH]c3ccc(Cl)cc3c2=O)cc1. The Morgan fingerprint density at radius 2 is 1.71 bits per heavy atom. The topological polar surface area (TPSA) is 67.0 Å². The lowest BCUT2D eigenvalue weighted by atomic mass is 10.0. The molecule has 1 heterocycles. The van der Waals surface area contributed by atoms with Crippen LogP contribution in [0.3, 0.4) is 0 Å². The van der Waals surface area contributed by atoms with Crippen molar-refractivity contribution in [3.05, 3.63) is 69.5 Å². The number of aromatic nitrogens is 1. The Bertz CT molecular complexity index is 1070. The molecule has 0 radical (unpaired) electrons. The summed E-state index contributed by atoms with van der Waals surface area (Å²) in [5.74, 6) is 0.299. The van der Waals surface area contributed by atoms with Gasteiger partial charge in [-0.2, -0.15) is 0 Å². The number of halogens is 1. The molecule has 24 heavy (non-hydrogen) atoms. The van der Waals surface area contributed by atoms with Crippen molar-refractivity contribution in [2.24, 2.45) is 0 Å². The van der Waals surface area contributed by atoms with Gasteiger partial charge < -0.3 is 4.98 Å². The smallest absolute Gasteiger partial charge is 0.211 e. The number of pyridine rings is 1. The highest BCUT2D eigenvalue weighted by atomic mass is 35.5. The van der Waals surface area contributed by atoms with Crippen LogP contribution in [0.2, 0.25) is 5.02 Å². The standard InChI is InChI=1S/C18H16ClNO3S/c1-11(2)12-3-6-14(7-4-12)24(22,23)17-10-20-16-8-5-13(19)9-15(16)18(17)21/h3-11H,1-2H3,(H,20,21). The second-order valence-electron chi connectivity index (χ2n) is 5.90. The molecule has 124 valence electrons. The summed E-state index contributed by atoms with van der Waals surface area (Å²) >= 11 is 5.92. The Labute approximate surface area is 145 Å². The van der Waals surface area contributed by atoms with Gasteiger partial charge in [0.2, 0.25) is 15.3 Å². The normalized spacial score (nSPS) is 12.0. The summed E-state index contributed by atoms with van der Waals surface area (Å²) in [6.07, 6.45) is 1.24. The molecule has 0 aliphatic heterocycles. The minimum Gasteiger partial charge on any atom is -0.360 e. The predicted octanol–water partition coefficient (Wildman–Crippen LogP) is 4.14. The number of H-pyrrole nitrogens is 1. The van der Waals surface area contributed by atoms with Crippen molar-refractivity contribution in [3.63, 3.8) is 0 Å². The number of nitrogens with one attached hydrogen (secondary N) is 1. The number of rotatable bonds is 3. The Balaban J connectivity index is 2.18. The predicted molar refractivity (Wildman–Crippen MR) is 95.6 cm³/mol. The highest BCUT2D eigenvalue weighted by Crippen LogP contribution is 2.23. The van der Waals surface area contributed by atoms with E-state index in [2.05, 4.69) is 4.98 Å². The number of benzene rings is 2.